The molecule has 0 unspecified atom stereocenters. The first-order valence-electron chi connectivity index (χ1n) is 8.71. The number of furan rings is 1. The molecule has 0 fully saturated rings. The van der Waals surface area contributed by atoms with E-state index in [-0.39, 0.29) is 0 Å². The SMILES string of the molecule is c1ccc(P(c2ccccc2)c2coc3ccc4ccccc4c23)cc1. The summed E-state index contributed by atoms with van der Waals surface area (Å²) in [7, 11) is -0.676. The van der Waals surface area contributed by atoms with Crippen molar-refractivity contribution in [3.05, 3.63) is 103 Å². The summed E-state index contributed by atoms with van der Waals surface area (Å²) in [6, 6.07) is 34.3. The molecule has 5 rings (SSSR count). The van der Waals surface area contributed by atoms with E-state index in [9.17, 15) is 0 Å². The minimum atomic E-state index is -0.676. The van der Waals surface area contributed by atoms with Crippen LogP contribution in [0.3, 0.4) is 0 Å². The summed E-state index contributed by atoms with van der Waals surface area (Å²) >= 11 is 0. The van der Waals surface area contributed by atoms with Crippen molar-refractivity contribution in [2.75, 3.05) is 0 Å². The average molecular weight is 352 g/mol. The molecule has 5 aromatic rings. The highest BCUT2D eigenvalue weighted by atomic mass is 31.1. The summed E-state index contributed by atoms with van der Waals surface area (Å²) in [6.07, 6.45) is 1.96. The van der Waals surface area contributed by atoms with Gasteiger partial charge in [-0.25, -0.2) is 0 Å². The van der Waals surface area contributed by atoms with E-state index in [2.05, 4.69) is 97.1 Å². The molecule has 0 aliphatic carbocycles. The van der Waals surface area contributed by atoms with E-state index in [0.717, 1.165) is 5.58 Å². The van der Waals surface area contributed by atoms with Gasteiger partial charge in [0.2, 0.25) is 0 Å². The second-order valence-corrected chi connectivity index (χ2v) is 8.47. The molecule has 1 aromatic heterocycles. The largest absolute Gasteiger partial charge is 0.464 e. The van der Waals surface area contributed by atoms with E-state index >= 15 is 0 Å². The standard InChI is InChI=1S/C24H17OP/c1-3-10-19(11-4-1)26(20-12-5-2-6-13-20)23-17-25-22-16-15-18-9-7-8-14-21(18)24(22)23/h1-17H. The van der Waals surface area contributed by atoms with Crippen LogP contribution in [-0.4, -0.2) is 0 Å². The fourth-order valence-electron chi connectivity index (χ4n) is 3.54. The number of benzene rings is 4. The van der Waals surface area contributed by atoms with Gasteiger partial charge >= 0.3 is 0 Å². The second-order valence-electron chi connectivity index (χ2n) is 6.29. The molecule has 0 saturated heterocycles. The number of fused-ring (bicyclic) bond motifs is 3. The Kier molecular flexibility index (Phi) is 3.81. The Hall–Kier alpha value is -2.89. The molecular formula is C24H17OP. The molecule has 2 heteroatoms. The third-order valence-electron chi connectivity index (χ3n) is 4.71. The molecular weight excluding hydrogens is 335 g/mol. The molecule has 0 N–H and O–H groups in total. The number of hydrogen-bond donors (Lipinski definition) is 0. The van der Waals surface area contributed by atoms with Crippen LogP contribution in [0.15, 0.2) is 108 Å². The Bertz CT molecular complexity index is 1140. The molecule has 0 amide bonds. The molecule has 0 radical (unpaired) electrons. The normalized spacial score (nSPS) is 11.4. The van der Waals surface area contributed by atoms with Crippen LogP contribution < -0.4 is 15.9 Å². The summed E-state index contributed by atoms with van der Waals surface area (Å²) in [5, 5.41) is 7.70. The van der Waals surface area contributed by atoms with Crippen molar-refractivity contribution in [3.8, 4) is 0 Å². The van der Waals surface area contributed by atoms with Crippen LogP contribution in [0.5, 0.6) is 0 Å². The van der Waals surface area contributed by atoms with Gasteiger partial charge in [-0.2, -0.15) is 0 Å². The van der Waals surface area contributed by atoms with Gasteiger partial charge in [0.05, 0.1) is 0 Å². The maximum Gasteiger partial charge on any atom is 0.135 e. The Morgan fingerprint density at radius 1 is 0.577 bits per heavy atom. The van der Waals surface area contributed by atoms with Crippen LogP contribution in [0.4, 0.5) is 0 Å². The predicted molar refractivity (Wildman–Crippen MR) is 112 cm³/mol. The fourth-order valence-corrected chi connectivity index (χ4v) is 5.95. The lowest BCUT2D eigenvalue weighted by atomic mass is 10.1. The lowest BCUT2D eigenvalue weighted by Gasteiger charge is -2.18. The summed E-state index contributed by atoms with van der Waals surface area (Å²) in [4.78, 5) is 0. The van der Waals surface area contributed by atoms with Crippen molar-refractivity contribution in [2.45, 2.75) is 0 Å². The molecule has 0 spiro atoms. The Labute approximate surface area is 153 Å². The summed E-state index contributed by atoms with van der Waals surface area (Å²) < 4.78 is 6.00. The summed E-state index contributed by atoms with van der Waals surface area (Å²) in [6.45, 7) is 0. The van der Waals surface area contributed by atoms with Crippen LogP contribution in [-0.2, 0) is 0 Å². The topological polar surface area (TPSA) is 13.1 Å². The maximum absolute atomic E-state index is 6.00. The smallest absolute Gasteiger partial charge is 0.135 e. The van der Waals surface area contributed by atoms with E-state index < -0.39 is 7.92 Å². The Balaban J connectivity index is 1.84. The molecule has 1 heterocycles. The fraction of sp³-hybridized carbons (Fsp3) is 0. The van der Waals surface area contributed by atoms with Crippen molar-refractivity contribution in [3.63, 3.8) is 0 Å². The lowest BCUT2D eigenvalue weighted by Crippen LogP contribution is -2.19. The van der Waals surface area contributed by atoms with Gasteiger partial charge in [-0.3, -0.25) is 0 Å². The summed E-state index contributed by atoms with van der Waals surface area (Å²) in [5.74, 6) is 0. The molecule has 0 saturated carbocycles. The monoisotopic (exact) mass is 352 g/mol. The highest BCUT2D eigenvalue weighted by Crippen LogP contribution is 2.38. The first-order valence-corrected chi connectivity index (χ1v) is 10.1. The average Bonchev–Trinajstić information content (AvgIpc) is 3.14. The van der Waals surface area contributed by atoms with Gasteiger partial charge in [-0.05, 0) is 35.4 Å². The van der Waals surface area contributed by atoms with Gasteiger partial charge in [0.25, 0.3) is 0 Å². The van der Waals surface area contributed by atoms with Crippen LogP contribution in [0.2, 0.25) is 0 Å². The number of rotatable bonds is 3. The van der Waals surface area contributed by atoms with Gasteiger partial charge in [-0.1, -0.05) is 91.0 Å². The first-order chi connectivity index (χ1) is 12.9. The van der Waals surface area contributed by atoms with Crippen molar-refractivity contribution in [1.82, 2.24) is 0 Å². The van der Waals surface area contributed by atoms with E-state index in [1.54, 1.807) is 0 Å². The molecule has 0 aliphatic rings. The van der Waals surface area contributed by atoms with Gasteiger partial charge in [-0.15, -0.1) is 0 Å². The second kappa shape index (κ2) is 6.44. The molecule has 0 bridgehead atoms. The predicted octanol–water partition coefficient (Wildman–Crippen LogP) is 5.34. The van der Waals surface area contributed by atoms with Crippen LogP contribution in [0.1, 0.15) is 0 Å². The zero-order valence-electron chi connectivity index (χ0n) is 14.2. The zero-order valence-corrected chi connectivity index (χ0v) is 15.1. The van der Waals surface area contributed by atoms with Gasteiger partial charge in [0, 0.05) is 10.7 Å². The van der Waals surface area contributed by atoms with Crippen LogP contribution in [0.25, 0.3) is 21.7 Å². The van der Waals surface area contributed by atoms with Gasteiger partial charge < -0.3 is 4.42 Å². The van der Waals surface area contributed by atoms with Crippen molar-refractivity contribution in [1.29, 1.82) is 0 Å². The Morgan fingerprint density at radius 2 is 1.19 bits per heavy atom. The van der Waals surface area contributed by atoms with Crippen LogP contribution in [0, 0.1) is 0 Å². The molecule has 1 nitrogen and oxygen atoms in total. The molecule has 26 heavy (non-hydrogen) atoms. The van der Waals surface area contributed by atoms with Gasteiger partial charge in [0.1, 0.15) is 11.8 Å². The quantitative estimate of drug-likeness (QED) is 0.399. The van der Waals surface area contributed by atoms with Crippen molar-refractivity contribution < 1.29 is 4.42 Å². The third kappa shape index (κ3) is 2.53. The molecule has 0 aliphatic heterocycles. The van der Waals surface area contributed by atoms with E-state index in [0.29, 0.717) is 0 Å². The molecule has 4 aromatic carbocycles. The highest BCUT2D eigenvalue weighted by molar-refractivity contribution is 7.80. The molecule has 0 atom stereocenters. The summed E-state index contributed by atoms with van der Waals surface area (Å²) in [5.41, 5.74) is 0.957. The van der Waals surface area contributed by atoms with E-state index in [1.807, 2.05) is 6.26 Å². The number of hydrogen-bond acceptors (Lipinski definition) is 1. The van der Waals surface area contributed by atoms with Crippen LogP contribution >= 0.6 is 7.92 Å². The minimum Gasteiger partial charge on any atom is -0.464 e. The third-order valence-corrected chi connectivity index (χ3v) is 7.15. The maximum atomic E-state index is 6.00. The zero-order chi connectivity index (χ0) is 17.3. The van der Waals surface area contributed by atoms with E-state index in [1.165, 1.54) is 32.1 Å². The Morgan fingerprint density at radius 3 is 1.88 bits per heavy atom. The lowest BCUT2D eigenvalue weighted by molar-refractivity contribution is 0.618. The van der Waals surface area contributed by atoms with Gasteiger partial charge in [0.15, 0.2) is 0 Å². The van der Waals surface area contributed by atoms with Crippen molar-refractivity contribution >= 4 is 45.6 Å². The van der Waals surface area contributed by atoms with Crippen molar-refractivity contribution in [2.24, 2.45) is 0 Å². The van der Waals surface area contributed by atoms with E-state index in [4.69, 9.17) is 4.42 Å². The first kappa shape index (κ1) is 15.4. The highest BCUT2D eigenvalue weighted by Gasteiger charge is 2.22. The molecule has 124 valence electrons. The minimum absolute atomic E-state index is 0.676.